The quantitative estimate of drug-likeness (QED) is 0.875. The third-order valence-corrected chi connectivity index (χ3v) is 3.42. The van der Waals surface area contributed by atoms with Gasteiger partial charge in [-0.2, -0.15) is 18.3 Å². The molecular formula is C14H15F3N4O. The molecule has 1 atom stereocenters. The van der Waals surface area contributed by atoms with E-state index in [9.17, 15) is 18.0 Å². The van der Waals surface area contributed by atoms with Gasteiger partial charge in [-0.15, -0.1) is 0 Å². The van der Waals surface area contributed by atoms with Gasteiger partial charge in [0.25, 0.3) is 5.91 Å². The Kier molecular flexibility index (Phi) is 4.20. The molecule has 0 aliphatic carbocycles. The molecular weight excluding hydrogens is 297 g/mol. The lowest BCUT2D eigenvalue weighted by atomic mass is 10.1. The molecule has 2 aromatic heterocycles. The van der Waals surface area contributed by atoms with E-state index in [1.54, 1.807) is 31.0 Å². The van der Waals surface area contributed by atoms with Crippen molar-refractivity contribution in [1.29, 1.82) is 0 Å². The van der Waals surface area contributed by atoms with E-state index in [1.807, 2.05) is 0 Å². The van der Waals surface area contributed by atoms with E-state index >= 15 is 0 Å². The number of nitrogens with zero attached hydrogens (tertiary/aromatic N) is 4. The first-order chi connectivity index (χ1) is 10.2. The molecule has 0 aliphatic rings. The lowest BCUT2D eigenvalue weighted by Gasteiger charge is -2.25. The molecule has 0 N–H and O–H groups in total. The predicted molar refractivity (Wildman–Crippen MR) is 73.0 cm³/mol. The largest absolute Gasteiger partial charge is 0.434 e. The molecule has 0 fully saturated rings. The van der Waals surface area contributed by atoms with Crippen LogP contribution in [0, 0.1) is 0 Å². The van der Waals surface area contributed by atoms with Gasteiger partial charge < -0.3 is 4.90 Å². The number of carbonyl (C=O) groups is 1. The van der Waals surface area contributed by atoms with Gasteiger partial charge in [0.15, 0.2) is 5.69 Å². The molecule has 0 aliphatic heterocycles. The molecule has 0 spiro atoms. The number of hydrogen-bond acceptors (Lipinski definition) is 3. The second-order valence-electron chi connectivity index (χ2n) is 4.94. The van der Waals surface area contributed by atoms with Crippen molar-refractivity contribution in [2.45, 2.75) is 19.1 Å². The molecule has 0 bridgehead atoms. The summed E-state index contributed by atoms with van der Waals surface area (Å²) in [6.45, 7) is 1.72. The standard InChI is InChI=1S/C14H15F3N4O/c1-9(10-7-19-20(2)8-10)21(3)13(22)11-5-4-6-18-12(11)14(15,16)17/h4-9H,1-3H3. The maximum Gasteiger partial charge on any atom is 0.434 e. The summed E-state index contributed by atoms with van der Waals surface area (Å²) >= 11 is 0. The molecule has 118 valence electrons. The van der Waals surface area contributed by atoms with E-state index in [-0.39, 0.29) is 0 Å². The summed E-state index contributed by atoms with van der Waals surface area (Å²) in [6.07, 6.45) is -0.375. The Morgan fingerprint density at radius 2 is 2.09 bits per heavy atom. The fraction of sp³-hybridized carbons (Fsp3) is 0.357. The average Bonchev–Trinajstić information content (AvgIpc) is 2.90. The number of rotatable bonds is 3. The molecule has 22 heavy (non-hydrogen) atoms. The number of amides is 1. The lowest BCUT2D eigenvalue weighted by molar-refractivity contribution is -0.141. The zero-order valence-electron chi connectivity index (χ0n) is 12.3. The second kappa shape index (κ2) is 5.78. The summed E-state index contributed by atoms with van der Waals surface area (Å²) in [5.41, 5.74) is -0.908. The highest BCUT2D eigenvalue weighted by Gasteiger charge is 2.38. The van der Waals surface area contributed by atoms with Crippen molar-refractivity contribution in [3.8, 4) is 0 Å². The van der Waals surface area contributed by atoms with E-state index in [4.69, 9.17) is 0 Å². The number of hydrogen-bond donors (Lipinski definition) is 0. The van der Waals surface area contributed by atoms with Gasteiger partial charge in [-0.3, -0.25) is 14.5 Å². The van der Waals surface area contributed by atoms with Crippen LogP contribution in [-0.4, -0.2) is 32.6 Å². The van der Waals surface area contributed by atoms with Crippen LogP contribution in [0.1, 0.15) is 34.6 Å². The summed E-state index contributed by atoms with van der Waals surface area (Å²) in [4.78, 5) is 16.9. The number of aryl methyl sites for hydroxylation is 1. The van der Waals surface area contributed by atoms with E-state index in [0.717, 1.165) is 17.8 Å². The first kappa shape index (κ1) is 16.0. The van der Waals surface area contributed by atoms with Crippen molar-refractivity contribution >= 4 is 5.91 Å². The molecule has 2 aromatic rings. The highest BCUT2D eigenvalue weighted by molar-refractivity contribution is 5.95. The Morgan fingerprint density at radius 3 is 2.64 bits per heavy atom. The van der Waals surface area contributed by atoms with Crippen LogP contribution in [0.4, 0.5) is 13.2 Å². The molecule has 1 unspecified atom stereocenters. The van der Waals surface area contributed by atoms with Crippen LogP contribution >= 0.6 is 0 Å². The van der Waals surface area contributed by atoms with Gasteiger partial charge in [-0.1, -0.05) is 0 Å². The molecule has 2 heterocycles. The monoisotopic (exact) mass is 312 g/mol. The van der Waals surface area contributed by atoms with E-state index < -0.39 is 29.4 Å². The Balaban J connectivity index is 2.32. The molecule has 5 nitrogen and oxygen atoms in total. The van der Waals surface area contributed by atoms with Crippen molar-refractivity contribution in [2.24, 2.45) is 7.05 Å². The topological polar surface area (TPSA) is 51.0 Å². The maximum atomic E-state index is 13.0. The van der Waals surface area contributed by atoms with Crippen molar-refractivity contribution in [2.75, 3.05) is 7.05 Å². The number of pyridine rings is 1. The number of aromatic nitrogens is 3. The van der Waals surface area contributed by atoms with Crippen molar-refractivity contribution in [3.63, 3.8) is 0 Å². The first-order valence-corrected chi connectivity index (χ1v) is 6.49. The molecule has 1 amide bonds. The minimum atomic E-state index is -4.68. The van der Waals surface area contributed by atoms with Crippen LogP contribution < -0.4 is 0 Å². The Labute approximate surface area is 125 Å². The van der Waals surface area contributed by atoms with Gasteiger partial charge in [0.2, 0.25) is 0 Å². The van der Waals surface area contributed by atoms with Crippen molar-refractivity contribution in [3.05, 3.63) is 47.5 Å². The van der Waals surface area contributed by atoms with Crippen LogP contribution in [0.25, 0.3) is 0 Å². The number of halogens is 3. The molecule has 2 rings (SSSR count). The second-order valence-corrected chi connectivity index (χ2v) is 4.94. The van der Waals surface area contributed by atoms with Crippen LogP contribution in [0.5, 0.6) is 0 Å². The van der Waals surface area contributed by atoms with Gasteiger partial charge in [0.05, 0.1) is 17.8 Å². The van der Waals surface area contributed by atoms with Gasteiger partial charge in [0, 0.05) is 32.1 Å². The Hall–Kier alpha value is -2.38. The smallest absolute Gasteiger partial charge is 0.335 e. The third-order valence-electron chi connectivity index (χ3n) is 3.42. The maximum absolute atomic E-state index is 13.0. The van der Waals surface area contributed by atoms with Gasteiger partial charge in [-0.25, -0.2) is 0 Å². The molecule has 0 aromatic carbocycles. The highest BCUT2D eigenvalue weighted by Crippen LogP contribution is 2.31. The fourth-order valence-electron chi connectivity index (χ4n) is 2.05. The van der Waals surface area contributed by atoms with Crippen LogP contribution in [-0.2, 0) is 13.2 Å². The van der Waals surface area contributed by atoms with E-state index in [0.29, 0.717) is 0 Å². The van der Waals surface area contributed by atoms with Crippen molar-refractivity contribution in [1.82, 2.24) is 19.7 Å². The summed E-state index contributed by atoms with van der Waals surface area (Å²) < 4.78 is 40.4. The zero-order valence-corrected chi connectivity index (χ0v) is 12.3. The Morgan fingerprint density at radius 1 is 1.41 bits per heavy atom. The summed E-state index contributed by atoms with van der Waals surface area (Å²) in [5, 5.41) is 4.00. The summed E-state index contributed by atoms with van der Waals surface area (Å²) in [7, 11) is 3.17. The van der Waals surface area contributed by atoms with Crippen LogP contribution in [0.15, 0.2) is 30.7 Å². The minimum Gasteiger partial charge on any atom is -0.335 e. The van der Waals surface area contributed by atoms with Gasteiger partial charge >= 0.3 is 6.18 Å². The van der Waals surface area contributed by atoms with Gasteiger partial charge in [-0.05, 0) is 19.1 Å². The fourth-order valence-corrected chi connectivity index (χ4v) is 2.05. The molecule has 0 saturated carbocycles. The SMILES string of the molecule is CC(c1cnn(C)c1)N(C)C(=O)c1cccnc1C(F)(F)F. The zero-order chi connectivity index (χ0) is 16.5. The summed E-state index contributed by atoms with van der Waals surface area (Å²) in [5.74, 6) is -0.739. The Bertz CT molecular complexity index is 681. The first-order valence-electron chi connectivity index (χ1n) is 6.49. The van der Waals surface area contributed by atoms with Gasteiger partial charge in [0.1, 0.15) is 0 Å². The normalized spacial score (nSPS) is 13.0. The van der Waals surface area contributed by atoms with Crippen molar-refractivity contribution < 1.29 is 18.0 Å². The lowest BCUT2D eigenvalue weighted by Crippen LogP contribution is -2.31. The highest BCUT2D eigenvalue weighted by atomic mass is 19.4. The average molecular weight is 312 g/mol. The molecule has 8 heteroatoms. The predicted octanol–water partition coefficient (Wildman–Crippen LogP) is 2.67. The number of carbonyl (C=O) groups excluding carboxylic acids is 1. The summed E-state index contributed by atoms with van der Waals surface area (Å²) in [6, 6.07) is 2.03. The third kappa shape index (κ3) is 3.10. The molecule has 0 saturated heterocycles. The van der Waals surface area contributed by atoms with E-state index in [1.165, 1.54) is 18.0 Å². The number of alkyl halides is 3. The van der Waals surface area contributed by atoms with Crippen LogP contribution in [0.3, 0.4) is 0 Å². The minimum absolute atomic E-state index is 0.414. The van der Waals surface area contributed by atoms with Crippen LogP contribution in [0.2, 0.25) is 0 Å². The van der Waals surface area contributed by atoms with E-state index in [2.05, 4.69) is 10.1 Å². The molecule has 0 radical (unpaired) electrons.